The number of carbonyl (C=O) groups is 2. The van der Waals surface area contributed by atoms with Gasteiger partial charge in [-0.25, -0.2) is 4.98 Å². The van der Waals surface area contributed by atoms with Gasteiger partial charge in [0.15, 0.2) is 5.69 Å². The summed E-state index contributed by atoms with van der Waals surface area (Å²) in [4.78, 5) is 32.6. The Labute approximate surface area is 171 Å². The zero-order valence-electron chi connectivity index (χ0n) is 15.5. The summed E-state index contributed by atoms with van der Waals surface area (Å²) in [5, 5.41) is 11.5. The monoisotopic (exact) mass is 408 g/mol. The molecule has 2 amide bonds. The van der Waals surface area contributed by atoms with E-state index in [1.165, 1.54) is 4.90 Å². The molecule has 1 unspecified atom stereocenters. The lowest BCUT2D eigenvalue weighted by Crippen LogP contribution is -2.37. The van der Waals surface area contributed by atoms with Gasteiger partial charge in [0, 0.05) is 42.7 Å². The number of nitrogens with two attached hydrogens (primary N) is 1. The first kappa shape index (κ1) is 19.0. The van der Waals surface area contributed by atoms with Gasteiger partial charge < -0.3 is 20.7 Å². The summed E-state index contributed by atoms with van der Waals surface area (Å²) in [6.45, 7) is 0.460. The maximum Gasteiger partial charge on any atom is 0.269 e. The Morgan fingerprint density at radius 1 is 1.41 bits per heavy atom. The second-order valence-electron chi connectivity index (χ2n) is 6.95. The first-order valence-corrected chi connectivity index (χ1v) is 9.25. The van der Waals surface area contributed by atoms with Gasteiger partial charge in [-0.3, -0.25) is 9.59 Å². The fourth-order valence-electron chi connectivity index (χ4n) is 3.32. The molecule has 4 N–H and O–H groups in total. The van der Waals surface area contributed by atoms with Gasteiger partial charge in [-0.05, 0) is 18.2 Å². The number of amides is 2. The molecule has 0 radical (unpaired) electrons. The number of rotatable bonds is 2. The Balaban J connectivity index is 1.76. The highest BCUT2D eigenvalue weighted by Gasteiger charge is 2.42. The number of likely N-dealkylation sites (N-methyl/N-ethyl adjacent to an activating group) is 1. The molecule has 4 rings (SSSR count). The van der Waals surface area contributed by atoms with E-state index in [1.807, 2.05) is 6.07 Å². The predicted octanol–water partition coefficient (Wildman–Crippen LogP) is 1.93. The van der Waals surface area contributed by atoms with Gasteiger partial charge in [0.2, 0.25) is 5.60 Å². The molecule has 1 aromatic carbocycles. The van der Waals surface area contributed by atoms with Gasteiger partial charge in [-0.1, -0.05) is 35.6 Å². The Morgan fingerprint density at radius 2 is 2.21 bits per heavy atom. The average Bonchev–Trinajstić information content (AvgIpc) is 3.21. The number of aromatic nitrogens is 2. The van der Waals surface area contributed by atoms with Crippen LogP contribution in [0.5, 0.6) is 0 Å². The molecule has 1 fully saturated rings. The molecule has 1 saturated heterocycles. The Bertz CT molecular complexity index is 1220. The number of likely N-dealkylation sites (tertiary alicyclic amines) is 1. The second kappa shape index (κ2) is 6.92. The lowest BCUT2D eigenvalue weighted by Gasteiger charge is -2.13. The van der Waals surface area contributed by atoms with Crippen molar-refractivity contribution >= 4 is 34.3 Å². The number of aliphatic hydroxyl groups is 1. The van der Waals surface area contributed by atoms with Gasteiger partial charge in [-0.15, -0.1) is 0 Å². The van der Waals surface area contributed by atoms with E-state index in [-0.39, 0.29) is 12.1 Å². The molecule has 0 spiro atoms. The van der Waals surface area contributed by atoms with E-state index in [9.17, 15) is 14.7 Å². The number of primary amides is 1. The van der Waals surface area contributed by atoms with Crippen molar-refractivity contribution in [1.29, 1.82) is 0 Å². The van der Waals surface area contributed by atoms with Crippen LogP contribution in [0.25, 0.3) is 22.2 Å². The average molecular weight is 409 g/mol. The maximum absolute atomic E-state index is 12.1. The van der Waals surface area contributed by atoms with E-state index in [2.05, 4.69) is 21.8 Å². The molecule has 146 valence electrons. The minimum absolute atomic E-state index is 0.0924. The quantitative estimate of drug-likeness (QED) is 0.562. The molecule has 3 heterocycles. The summed E-state index contributed by atoms with van der Waals surface area (Å²) in [6.07, 6.45) is 1.84. The smallest absolute Gasteiger partial charge is 0.269 e. The third-order valence-corrected chi connectivity index (χ3v) is 5.25. The summed E-state index contributed by atoms with van der Waals surface area (Å²) in [5.74, 6) is 4.49. The van der Waals surface area contributed by atoms with Crippen LogP contribution in [0, 0.1) is 11.8 Å². The van der Waals surface area contributed by atoms with Crippen molar-refractivity contribution in [1.82, 2.24) is 14.9 Å². The summed E-state index contributed by atoms with van der Waals surface area (Å²) in [7, 11) is 1.63. The second-order valence-corrected chi connectivity index (χ2v) is 7.35. The van der Waals surface area contributed by atoms with Crippen LogP contribution in [0.15, 0.2) is 36.5 Å². The fourth-order valence-corrected chi connectivity index (χ4v) is 3.52. The highest BCUT2D eigenvalue weighted by molar-refractivity contribution is 6.36. The first-order valence-electron chi connectivity index (χ1n) is 8.87. The van der Waals surface area contributed by atoms with E-state index in [4.69, 9.17) is 17.3 Å². The number of nitrogens with zero attached hydrogens (tertiary/aromatic N) is 2. The Kier molecular flexibility index (Phi) is 4.53. The molecule has 1 atom stereocenters. The normalized spacial score (nSPS) is 18.7. The lowest BCUT2D eigenvalue weighted by atomic mass is 10.0. The molecular formula is C21H17ClN4O3. The number of benzene rings is 1. The van der Waals surface area contributed by atoms with Crippen LogP contribution in [-0.2, 0) is 4.79 Å². The number of aromatic amines is 1. The number of fused-ring (bicyclic) bond motifs is 1. The van der Waals surface area contributed by atoms with Crippen LogP contribution in [0.1, 0.15) is 22.5 Å². The molecule has 2 aromatic heterocycles. The molecule has 8 heteroatoms. The minimum Gasteiger partial charge on any atom is -0.369 e. The number of nitrogens with one attached hydrogen (secondary N) is 1. The van der Waals surface area contributed by atoms with E-state index in [1.54, 1.807) is 37.5 Å². The molecular weight excluding hydrogens is 392 g/mol. The van der Waals surface area contributed by atoms with E-state index < -0.39 is 17.4 Å². The van der Waals surface area contributed by atoms with E-state index in [0.717, 1.165) is 0 Å². The molecule has 0 bridgehead atoms. The third-order valence-electron chi connectivity index (χ3n) is 4.93. The van der Waals surface area contributed by atoms with Crippen molar-refractivity contribution < 1.29 is 14.7 Å². The van der Waals surface area contributed by atoms with Crippen LogP contribution in [0.4, 0.5) is 0 Å². The molecule has 1 aliphatic rings. The largest absolute Gasteiger partial charge is 0.369 e. The number of pyridine rings is 1. The maximum atomic E-state index is 12.1. The van der Waals surface area contributed by atoms with Crippen molar-refractivity contribution in [3.8, 4) is 23.1 Å². The standard InChI is InChI=1S/C21H17ClN4O3/c1-26-8-7-21(29,20(26)28)6-5-12-3-2-4-13(9-12)16-10-14-15(22)11-24-17(14)18(25-16)19(23)27/h2-4,9-11,24,29H,7-8H2,1H3,(H2,23,27). The van der Waals surface area contributed by atoms with E-state index >= 15 is 0 Å². The van der Waals surface area contributed by atoms with Crippen LogP contribution in [0.3, 0.4) is 0 Å². The van der Waals surface area contributed by atoms with Gasteiger partial charge in [0.1, 0.15) is 0 Å². The van der Waals surface area contributed by atoms with Gasteiger partial charge in [0.25, 0.3) is 11.8 Å². The third kappa shape index (κ3) is 3.33. The van der Waals surface area contributed by atoms with Crippen LogP contribution < -0.4 is 5.73 Å². The fraction of sp³-hybridized carbons (Fsp3) is 0.190. The van der Waals surface area contributed by atoms with Crippen molar-refractivity contribution in [2.75, 3.05) is 13.6 Å². The Hall–Kier alpha value is -3.34. The van der Waals surface area contributed by atoms with Crippen LogP contribution >= 0.6 is 11.6 Å². The summed E-state index contributed by atoms with van der Waals surface area (Å²) in [6, 6.07) is 8.88. The number of carbonyl (C=O) groups excluding carboxylic acids is 2. The number of hydrogen-bond donors (Lipinski definition) is 3. The van der Waals surface area contributed by atoms with Crippen molar-refractivity contribution in [2.24, 2.45) is 5.73 Å². The highest BCUT2D eigenvalue weighted by atomic mass is 35.5. The number of hydrogen-bond acceptors (Lipinski definition) is 4. The molecule has 1 aliphatic heterocycles. The Morgan fingerprint density at radius 3 is 2.90 bits per heavy atom. The summed E-state index contributed by atoms with van der Waals surface area (Å²) in [5.41, 5.74) is 6.18. The summed E-state index contributed by atoms with van der Waals surface area (Å²) >= 11 is 6.21. The van der Waals surface area contributed by atoms with Gasteiger partial charge >= 0.3 is 0 Å². The van der Waals surface area contributed by atoms with Crippen molar-refractivity contribution in [3.05, 3.63) is 52.8 Å². The minimum atomic E-state index is -1.67. The van der Waals surface area contributed by atoms with Crippen molar-refractivity contribution in [3.63, 3.8) is 0 Å². The van der Waals surface area contributed by atoms with Gasteiger partial charge in [0.05, 0.1) is 16.2 Å². The van der Waals surface area contributed by atoms with E-state index in [0.29, 0.717) is 39.3 Å². The van der Waals surface area contributed by atoms with Crippen molar-refractivity contribution in [2.45, 2.75) is 12.0 Å². The number of halogens is 1. The molecule has 3 aromatic rings. The molecule has 0 saturated carbocycles. The van der Waals surface area contributed by atoms with Gasteiger partial charge in [-0.2, -0.15) is 0 Å². The molecule has 0 aliphatic carbocycles. The molecule has 29 heavy (non-hydrogen) atoms. The molecule has 7 nitrogen and oxygen atoms in total. The highest BCUT2D eigenvalue weighted by Crippen LogP contribution is 2.30. The zero-order chi connectivity index (χ0) is 20.8. The lowest BCUT2D eigenvalue weighted by molar-refractivity contribution is -0.137. The number of H-pyrrole nitrogens is 1. The summed E-state index contributed by atoms with van der Waals surface area (Å²) < 4.78 is 0. The van der Waals surface area contributed by atoms with Crippen LogP contribution in [-0.4, -0.2) is 51.0 Å². The van der Waals surface area contributed by atoms with Crippen LogP contribution in [0.2, 0.25) is 5.02 Å². The predicted molar refractivity (Wildman–Crippen MR) is 109 cm³/mol. The topological polar surface area (TPSA) is 112 Å². The SMILES string of the molecule is CN1CCC(O)(C#Cc2cccc(-c3cc4c(Cl)c[nH]c4c(C(N)=O)n3)c2)C1=O. The zero-order valence-corrected chi connectivity index (χ0v) is 16.2. The first-order chi connectivity index (χ1) is 13.8.